The number of para-hydroxylation sites is 1. The molecule has 0 amide bonds. The van der Waals surface area contributed by atoms with E-state index >= 15 is 0 Å². The molecule has 0 spiro atoms. The lowest BCUT2D eigenvalue weighted by Gasteiger charge is -2.19. The first kappa shape index (κ1) is 15.6. The zero-order chi connectivity index (χ0) is 15.4. The van der Waals surface area contributed by atoms with Gasteiger partial charge in [-0.3, -0.25) is 0 Å². The summed E-state index contributed by atoms with van der Waals surface area (Å²) >= 11 is 11.8. The molecular weight excluding hydrogens is 316 g/mol. The topological polar surface area (TPSA) is 38.3 Å². The summed E-state index contributed by atoms with van der Waals surface area (Å²) in [5, 5.41) is 3.48. The highest BCUT2D eigenvalue weighted by Gasteiger charge is 2.23. The van der Waals surface area contributed by atoms with Crippen molar-refractivity contribution < 1.29 is 13.9 Å². The Balaban J connectivity index is 2.37. The maximum absolute atomic E-state index is 13.7. The number of carbonyl (C=O) groups is 1. The standard InChI is InChI=1S/C15H12Cl2FNO2/c1-21-15(20)14(9-6-7-10(16)11(17)8-9)19-13-5-3-2-4-12(13)18/h2-8,14,19H,1H3. The molecule has 2 aromatic carbocycles. The second-order valence-corrected chi connectivity index (χ2v) is 5.07. The van der Waals surface area contributed by atoms with Crippen LogP contribution in [0.3, 0.4) is 0 Å². The number of ether oxygens (including phenoxy) is 1. The molecule has 0 aliphatic heterocycles. The predicted molar refractivity (Wildman–Crippen MR) is 81.2 cm³/mol. The number of carbonyl (C=O) groups excluding carboxylic acids is 1. The Morgan fingerprint density at radius 3 is 2.52 bits per heavy atom. The minimum atomic E-state index is -0.887. The summed E-state index contributed by atoms with van der Waals surface area (Å²) in [6.07, 6.45) is 0. The number of nitrogens with one attached hydrogen (secondary N) is 1. The number of anilines is 1. The number of halogens is 3. The minimum Gasteiger partial charge on any atom is -0.467 e. The first-order valence-electron chi connectivity index (χ1n) is 6.06. The molecule has 1 unspecified atom stereocenters. The van der Waals surface area contributed by atoms with Gasteiger partial charge in [0.05, 0.1) is 22.8 Å². The van der Waals surface area contributed by atoms with Gasteiger partial charge in [0.1, 0.15) is 5.82 Å². The SMILES string of the molecule is COC(=O)C(Nc1ccccc1F)c1ccc(Cl)c(Cl)c1. The third-order valence-corrected chi connectivity index (χ3v) is 3.63. The van der Waals surface area contributed by atoms with Gasteiger partial charge in [0.15, 0.2) is 6.04 Å². The molecule has 0 bridgehead atoms. The van der Waals surface area contributed by atoms with Crippen LogP contribution in [0.2, 0.25) is 10.0 Å². The zero-order valence-corrected chi connectivity index (χ0v) is 12.6. The summed E-state index contributed by atoms with van der Waals surface area (Å²) < 4.78 is 18.5. The highest BCUT2D eigenvalue weighted by molar-refractivity contribution is 6.42. The second-order valence-electron chi connectivity index (χ2n) is 4.25. The fraction of sp³-hybridized carbons (Fsp3) is 0.133. The van der Waals surface area contributed by atoms with Gasteiger partial charge in [0, 0.05) is 0 Å². The molecular formula is C15H12Cl2FNO2. The normalized spacial score (nSPS) is 11.8. The fourth-order valence-corrected chi connectivity index (χ4v) is 2.13. The first-order chi connectivity index (χ1) is 10.0. The highest BCUT2D eigenvalue weighted by Crippen LogP contribution is 2.28. The summed E-state index contributed by atoms with van der Waals surface area (Å²) in [5.41, 5.74) is 0.721. The number of hydrogen-bond acceptors (Lipinski definition) is 3. The maximum atomic E-state index is 13.7. The molecule has 110 valence electrons. The first-order valence-corrected chi connectivity index (χ1v) is 6.82. The van der Waals surface area contributed by atoms with E-state index in [0.717, 1.165) is 0 Å². The smallest absolute Gasteiger partial charge is 0.332 e. The van der Waals surface area contributed by atoms with Crippen LogP contribution in [-0.4, -0.2) is 13.1 Å². The Hall–Kier alpha value is -1.78. The van der Waals surface area contributed by atoms with Crippen LogP contribution in [0.25, 0.3) is 0 Å². The quantitative estimate of drug-likeness (QED) is 0.842. The molecule has 3 nitrogen and oxygen atoms in total. The van der Waals surface area contributed by atoms with Crippen LogP contribution in [0.1, 0.15) is 11.6 Å². The van der Waals surface area contributed by atoms with Crippen molar-refractivity contribution in [2.75, 3.05) is 12.4 Å². The van der Waals surface area contributed by atoms with Crippen LogP contribution in [-0.2, 0) is 9.53 Å². The van der Waals surface area contributed by atoms with E-state index in [9.17, 15) is 9.18 Å². The Labute approximate surface area is 131 Å². The molecule has 1 atom stereocenters. The molecule has 0 aromatic heterocycles. The van der Waals surface area contributed by atoms with E-state index in [1.54, 1.807) is 30.3 Å². The van der Waals surface area contributed by atoms with Crippen molar-refractivity contribution in [3.63, 3.8) is 0 Å². The van der Waals surface area contributed by atoms with Gasteiger partial charge in [-0.25, -0.2) is 9.18 Å². The van der Waals surface area contributed by atoms with E-state index in [0.29, 0.717) is 15.6 Å². The van der Waals surface area contributed by atoms with Crippen LogP contribution in [0.5, 0.6) is 0 Å². The van der Waals surface area contributed by atoms with Crippen LogP contribution in [0.15, 0.2) is 42.5 Å². The van der Waals surface area contributed by atoms with Crippen LogP contribution in [0, 0.1) is 5.82 Å². The maximum Gasteiger partial charge on any atom is 0.332 e. The average molecular weight is 328 g/mol. The molecule has 1 N–H and O–H groups in total. The molecule has 0 aliphatic carbocycles. The number of rotatable bonds is 4. The van der Waals surface area contributed by atoms with E-state index in [4.69, 9.17) is 27.9 Å². The fourth-order valence-electron chi connectivity index (χ4n) is 1.82. The monoisotopic (exact) mass is 327 g/mol. The third kappa shape index (κ3) is 3.65. The lowest BCUT2D eigenvalue weighted by molar-refractivity contribution is -0.141. The molecule has 6 heteroatoms. The Morgan fingerprint density at radius 1 is 1.19 bits per heavy atom. The Kier molecular flexibility index (Phi) is 5.04. The molecule has 0 saturated carbocycles. The molecule has 2 aromatic rings. The lowest BCUT2D eigenvalue weighted by atomic mass is 10.1. The summed E-state index contributed by atoms with van der Waals surface area (Å²) in [4.78, 5) is 11.9. The Morgan fingerprint density at radius 2 is 1.90 bits per heavy atom. The van der Waals surface area contributed by atoms with E-state index in [1.807, 2.05) is 0 Å². The number of methoxy groups -OCH3 is 1. The molecule has 0 heterocycles. The number of esters is 1. The van der Waals surface area contributed by atoms with Gasteiger partial charge in [0.25, 0.3) is 0 Å². The van der Waals surface area contributed by atoms with Crippen LogP contribution >= 0.6 is 23.2 Å². The number of hydrogen-bond donors (Lipinski definition) is 1. The molecule has 0 radical (unpaired) electrons. The van der Waals surface area contributed by atoms with E-state index in [-0.39, 0.29) is 5.69 Å². The molecule has 0 aliphatic rings. The highest BCUT2D eigenvalue weighted by atomic mass is 35.5. The third-order valence-electron chi connectivity index (χ3n) is 2.89. The largest absolute Gasteiger partial charge is 0.467 e. The number of benzene rings is 2. The second kappa shape index (κ2) is 6.78. The molecule has 2 rings (SSSR count). The van der Waals surface area contributed by atoms with Crippen molar-refractivity contribution in [1.29, 1.82) is 0 Å². The summed E-state index contributed by atoms with van der Waals surface area (Å²) in [6, 6.07) is 9.90. The van der Waals surface area contributed by atoms with Gasteiger partial charge < -0.3 is 10.1 Å². The van der Waals surface area contributed by atoms with Crippen LogP contribution < -0.4 is 5.32 Å². The molecule has 0 fully saturated rings. The van der Waals surface area contributed by atoms with Gasteiger partial charge in [-0.1, -0.05) is 41.4 Å². The van der Waals surface area contributed by atoms with E-state index in [1.165, 1.54) is 19.2 Å². The predicted octanol–water partition coefficient (Wildman–Crippen LogP) is 4.46. The van der Waals surface area contributed by atoms with Gasteiger partial charge in [-0.05, 0) is 29.8 Å². The van der Waals surface area contributed by atoms with Crippen molar-refractivity contribution in [1.82, 2.24) is 0 Å². The van der Waals surface area contributed by atoms with Crippen molar-refractivity contribution in [3.05, 3.63) is 63.9 Å². The van der Waals surface area contributed by atoms with Crippen molar-refractivity contribution in [2.45, 2.75) is 6.04 Å². The average Bonchev–Trinajstić information content (AvgIpc) is 2.48. The van der Waals surface area contributed by atoms with Gasteiger partial charge >= 0.3 is 5.97 Å². The van der Waals surface area contributed by atoms with Gasteiger partial charge in [0.2, 0.25) is 0 Å². The van der Waals surface area contributed by atoms with Gasteiger partial charge in [-0.2, -0.15) is 0 Å². The van der Waals surface area contributed by atoms with Crippen molar-refractivity contribution in [3.8, 4) is 0 Å². The molecule has 0 saturated heterocycles. The van der Waals surface area contributed by atoms with E-state index in [2.05, 4.69) is 5.32 Å². The van der Waals surface area contributed by atoms with Gasteiger partial charge in [-0.15, -0.1) is 0 Å². The summed E-state index contributed by atoms with van der Waals surface area (Å²) in [5.74, 6) is -1.02. The Bertz CT molecular complexity index is 664. The van der Waals surface area contributed by atoms with Crippen molar-refractivity contribution >= 4 is 34.9 Å². The zero-order valence-electron chi connectivity index (χ0n) is 11.1. The lowest BCUT2D eigenvalue weighted by Crippen LogP contribution is -2.22. The van der Waals surface area contributed by atoms with Crippen LogP contribution in [0.4, 0.5) is 10.1 Å². The van der Waals surface area contributed by atoms with E-state index < -0.39 is 17.8 Å². The minimum absolute atomic E-state index is 0.193. The summed E-state index contributed by atoms with van der Waals surface area (Å²) in [7, 11) is 1.26. The van der Waals surface area contributed by atoms with Crippen molar-refractivity contribution in [2.24, 2.45) is 0 Å². The molecule has 21 heavy (non-hydrogen) atoms. The summed E-state index contributed by atoms with van der Waals surface area (Å²) in [6.45, 7) is 0.